The van der Waals surface area contributed by atoms with Gasteiger partial charge in [0, 0.05) is 12.6 Å². The third kappa shape index (κ3) is 3.00. The highest BCUT2D eigenvalue weighted by Crippen LogP contribution is 2.31. The highest BCUT2D eigenvalue weighted by molar-refractivity contribution is 5.78. The van der Waals surface area contributed by atoms with Gasteiger partial charge in [-0.2, -0.15) is 0 Å². The second-order valence-corrected chi connectivity index (χ2v) is 5.59. The van der Waals surface area contributed by atoms with Crippen molar-refractivity contribution in [1.29, 1.82) is 0 Å². The van der Waals surface area contributed by atoms with Crippen LogP contribution in [-0.4, -0.2) is 18.5 Å². The van der Waals surface area contributed by atoms with Crippen LogP contribution in [0.15, 0.2) is 30.3 Å². The van der Waals surface area contributed by atoms with Gasteiger partial charge in [0.25, 0.3) is 0 Å². The van der Waals surface area contributed by atoms with Crippen LogP contribution in [0.3, 0.4) is 0 Å². The third-order valence-corrected chi connectivity index (χ3v) is 4.26. The van der Waals surface area contributed by atoms with E-state index in [-0.39, 0.29) is 17.9 Å². The minimum Gasteiger partial charge on any atom is -0.272 e. The topological polar surface area (TPSA) is 62.4 Å². The van der Waals surface area contributed by atoms with Gasteiger partial charge < -0.3 is 0 Å². The summed E-state index contributed by atoms with van der Waals surface area (Å²) in [5.74, 6) is 0.556. The van der Waals surface area contributed by atoms with Crippen LogP contribution in [0.4, 0.5) is 0 Å². The lowest BCUT2D eigenvalue weighted by atomic mass is 9.78. The van der Waals surface area contributed by atoms with E-state index in [1.54, 1.807) is 0 Å². The lowest BCUT2D eigenvalue weighted by molar-refractivity contribution is -0.141. The standard InChI is InChI=1S/C15H21N3O2/c19-15(18-20-10-11-5-2-1-3-6-11)13-8-4-7-12-9-16-17-14(12)13/h1-3,5-6,12-14,16-17H,4,7-10H2,(H,18,19). The number of carbonyl (C=O) groups is 1. The Bertz CT molecular complexity index is 452. The molecule has 1 amide bonds. The summed E-state index contributed by atoms with van der Waals surface area (Å²) in [6.45, 7) is 1.36. The second-order valence-electron chi connectivity index (χ2n) is 5.59. The molecule has 3 atom stereocenters. The Balaban J connectivity index is 1.49. The molecule has 5 nitrogen and oxygen atoms in total. The molecule has 108 valence electrons. The van der Waals surface area contributed by atoms with Gasteiger partial charge in [0.1, 0.15) is 0 Å². The summed E-state index contributed by atoms with van der Waals surface area (Å²) in [4.78, 5) is 17.6. The number of hydrogen-bond donors (Lipinski definition) is 3. The van der Waals surface area contributed by atoms with Gasteiger partial charge in [0.2, 0.25) is 5.91 Å². The summed E-state index contributed by atoms with van der Waals surface area (Å²) >= 11 is 0. The Hall–Kier alpha value is -1.43. The molecule has 1 saturated carbocycles. The summed E-state index contributed by atoms with van der Waals surface area (Å²) in [6.07, 6.45) is 3.23. The molecule has 1 heterocycles. The van der Waals surface area contributed by atoms with Gasteiger partial charge in [-0.3, -0.25) is 20.5 Å². The zero-order chi connectivity index (χ0) is 13.8. The highest BCUT2D eigenvalue weighted by Gasteiger charge is 2.40. The van der Waals surface area contributed by atoms with Crippen molar-refractivity contribution in [3.8, 4) is 0 Å². The van der Waals surface area contributed by atoms with Crippen molar-refractivity contribution in [2.75, 3.05) is 6.54 Å². The Morgan fingerprint density at radius 1 is 1.30 bits per heavy atom. The monoisotopic (exact) mass is 275 g/mol. The Morgan fingerprint density at radius 2 is 2.15 bits per heavy atom. The summed E-state index contributed by atoms with van der Waals surface area (Å²) in [5, 5.41) is 0. The molecule has 1 aliphatic carbocycles. The molecule has 3 N–H and O–H groups in total. The molecule has 20 heavy (non-hydrogen) atoms. The predicted molar refractivity (Wildman–Crippen MR) is 75.1 cm³/mol. The zero-order valence-electron chi connectivity index (χ0n) is 11.5. The number of hydrogen-bond acceptors (Lipinski definition) is 4. The van der Waals surface area contributed by atoms with E-state index in [2.05, 4.69) is 16.3 Å². The van der Waals surface area contributed by atoms with Crippen molar-refractivity contribution < 1.29 is 9.63 Å². The average molecular weight is 275 g/mol. The normalized spacial score (nSPS) is 28.9. The van der Waals surface area contributed by atoms with Crippen LogP contribution in [0.2, 0.25) is 0 Å². The molecule has 1 saturated heterocycles. The van der Waals surface area contributed by atoms with E-state index in [0.29, 0.717) is 12.5 Å². The van der Waals surface area contributed by atoms with Crippen LogP contribution in [0.5, 0.6) is 0 Å². The molecule has 5 heteroatoms. The molecule has 0 spiro atoms. The SMILES string of the molecule is O=C(NOCc1ccccc1)C1CCCC2CNNC21. The zero-order valence-corrected chi connectivity index (χ0v) is 11.5. The van der Waals surface area contributed by atoms with Crippen molar-refractivity contribution >= 4 is 5.91 Å². The van der Waals surface area contributed by atoms with Crippen LogP contribution in [0.1, 0.15) is 24.8 Å². The van der Waals surface area contributed by atoms with Crippen LogP contribution in [0, 0.1) is 11.8 Å². The highest BCUT2D eigenvalue weighted by atomic mass is 16.6. The first-order valence-electron chi connectivity index (χ1n) is 7.28. The molecular weight excluding hydrogens is 254 g/mol. The molecular formula is C15H21N3O2. The molecule has 0 aromatic heterocycles. The molecule has 1 aromatic carbocycles. The van der Waals surface area contributed by atoms with Crippen molar-refractivity contribution in [3.63, 3.8) is 0 Å². The quantitative estimate of drug-likeness (QED) is 0.721. The van der Waals surface area contributed by atoms with E-state index in [0.717, 1.165) is 24.9 Å². The smallest absolute Gasteiger partial charge is 0.248 e. The van der Waals surface area contributed by atoms with E-state index in [4.69, 9.17) is 4.84 Å². The molecule has 2 aliphatic rings. The summed E-state index contributed by atoms with van der Waals surface area (Å²) in [7, 11) is 0. The number of nitrogens with one attached hydrogen (secondary N) is 3. The van der Waals surface area contributed by atoms with Crippen LogP contribution in [-0.2, 0) is 16.2 Å². The average Bonchev–Trinajstić information content (AvgIpc) is 2.96. The first kappa shape index (κ1) is 13.5. The van der Waals surface area contributed by atoms with Crippen LogP contribution in [0.25, 0.3) is 0 Å². The lowest BCUT2D eigenvalue weighted by Crippen LogP contribution is -2.47. The maximum atomic E-state index is 12.2. The van der Waals surface area contributed by atoms with Gasteiger partial charge >= 0.3 is 0 Å². The number of carbonyl (C=O) groups excluding carboxylic acids is 1. The molecule has 0 bridgehead atoms. The van der Waals surface area contributed by atoms with E-state index in [9.17, 15) is 4.79 Å². The number of hydroxylamine groups is 1. The van der Waals surface area contributed by atoms with Crippen molar-refractivity contribution in [1.82, 2.24) is 16.3 Å². The van der Waals surface area contributed by atoms with Gasteiger partial charge in [-0.1, -0.05) is 36.8 Å². The number of amides is 1. The first-order valence-corrected chi connectivity index (χ1v) is 7.28. The fraction of sp³-hybridized carbons (Fsp3) is 0.533. The number of hydrazine groups is 1. The van der Waals surface area contributed by atoms with Gasteiger partial charge in [-0.05, 0) is 24.3 Å². The molecule has 2 fully saturated rings. The largest absolute Gasteiger partial charge is 0.272 e. The Morgan fingerprint density at radius 3 is 3.00 bits per heavy atom. The second kappa shape index (κ2) is 6.35. The van der Waals surface area contributed by atoms with E-state index < -0.39 is 0 Å². The lowest BCUT2D eigenvalue weighted by Gasteiger charge is -2.31. The van der Waals surface area contributed by atoms with Crippen molar-refractivity contribution in [2.45, 2.75) is 31.9 Å². The van der Waals surface area contributed by atoms with Crippen molar-refractivity contribution in [3.05, 3.63) is 35.9 Å². The molecule has 1 aromatic rings. The minimum absolute atomic E-state index is 0.000441. The van der Waals surface area contributed by atoms with E-state index in [1.165, 1.54) is 6.42 Å². The van der Waals surface area contributed by atoms with Gasteiger partial charge in [0.05, 0.1) is 12.5 Å². The molecule has 0 radical (unpaired) electrons. The number of benzene rings is 1. The fourth-order valence-electron chi connectivity index (χ4n) is 3.18. The maximum absolute atomic E-state index is 12.2. The summed E-state index contributed by atoms with van der Waals surface area (Å²) in [5.41, 5.74) is 10.0. The summed E-state index contributed by atoms with van der Waals surface area (Å²) < 4.78 is 0. The molecule has 3 rings (SSSR count). The number of rotatable bonds is 4. The molecule has 3 unspecified atom stereocenters. The minimum atomic E-state index is -0.00756. The van der Waals surface area contributed by atoms with E-state index >= 15 is 0 Å². The molecule has 1 aliphatic heterocycles. The number of fused-ring (bicyclic) bond motifs is 1. The Labute approximate surface area is 119 Å². The predicted octanol–water partition coefficient (Wildman–Crippen LogP) is 1.13. The van der Waals surface area contributed by atoms with Crippen LogP contribution < -0.4 is 16.3 Å². The first-order chi connectivity index (χ1) is 9.84. The fourth-order valence-corrected chi connectivity index (χ4v) is 3.18. The van der Waals surface area contributed by atoms with Gasteiger partial charge in [-0.15, -0.1) is 0 Å². The van der Waals surface area contributed by atoms with Gasteiger partial charge in [-0.25, -0.2) is 5.48 Å². The Kier molecular flexibility index (Phi) is 4.30. The van der Waals surface area contributed by atoms with Crippen LogP contribution >= 0.6 is 0 Å². The van der Waals surface area contributed by atoms with Gasteiger partial charge in [0.15, 0.2) is 0 Å². The van der Waals surface area contributed by atoms with E-state index in [1.807, 2.05) is 30.3 Å². The van der Waals surface area contributed by atoms with Crippen molar-refractivity contribution in [2.24, 2.45) is 11.8 Å². The maximum Gasteiger partial charge on any atom is 0.248 e. The summed E-state index contributed by atoms with van der Waals surface area (Å²) in [6, 6.07) is 10.1. The third-order valence-electron chi connectivity index (χ3n) is 4.26.